The van der Waals surface area contributed by atoms with E-state index in [1.165, 1.54) is 63.2 Å². The van der Waals surface area contributed by atoms with Gasteiger partial charge in [0.1, 0.15) is 46.0 Å². The maximum Gasteiger partial charge on any atom is 0.268 e. The van der Waals surface area contributed by atoms with E-state index in [4.69, 9.17) is 18.9 Å². The molecule has 0 saturated heterocycles. The molecule has 12 aromatic rings. The summed E-state index contributed by atoms with van der Waals surface area (Å²) >= 11 is 5.41. The van der Waals surface area contributed by atoms with Gasteiger partial charge in [-0.1, -0.05) is 109 Å². The van der Waals surface area contributed by atoms with E-state index in [2.05, 4.69) is 219 Å². The van der Waals surface area contributed by atoms with E-state index in [9.17, 15) is 0 Å². The second-order valence-electron chi connectivity index (χ2n) is 22.0. The highest BCUT2D eigenvalue weighted by molar-refractivity contribution is 8.00. The van der Waals surface area contributed by atoms with Crippen molar-refractivity contribution in [3.05, 3.63) is 199 Å². The third kappa shape index (κ3) is 6.24. The second-order valence-corrected chi connectivity index (χ2v) is 24.9. The third-order valence-corrected chi connectivity index (χ3v) is 20.8. The van der Waals surface area contributed by atoms with Crippen molar-refractivity contribution in [3.63, 3.8) is 0 Å². The van der Waals surface area contributed by atoms with Crippen LogP contribution in [0.2, 0.25) is 0 Å². The number of rotatable bonds is 4. The van der Waals surface area contributed by atoms with Crippen LogP contribution < -0.4 is 76.4 Å². The van der Waals surface area contributed by atoms with Crippen LogP contribution in [0.25, 0.3) is 53.6 Å². The first kappa shape index (κ1) is 45.3. The van der Waals surface area contributed by atoms with Crippen LogP contribution in [0.1, 0.15) is 16.7 Å². The molecule has 6 aliphatic heterocycles. The molecular formula is C68H43B3N2O4S3. The summed E-state index contributed by atoms with van der Waals surface area (Å²) in [5.41, 5.74) is 22.8. The van der Waals surface area contributed by atoms with Gasteiger partial charge < -0.3 is 24.3 Å². The lowest BCUT2D eigenvalue weighted by Crippen LogP contribution is -2.63. The first-order valence-electron chi connectivity index (χ1n) is 27.2. The van der Waals surface area contributed by atoms with Gasteiger partial charge in [0, 0.05) is 65.0 Å². The topological polar surface area (TPSA) is 52.2 Å². The predicted octanol–water partition coefficient (Wildman–Crippen LogP) is 12.8. The number of thiophene rings is 2. The van der Waals surface area contributed by atoms with Crippen molar-refractivity contribution in [2.45, 2.75) is 20.8 Å². The molecule has 0 fully saturated rings. The highest BCUT2D eigenvalue weighted by Gasteiger charge is 2.49. The molecule has 0 amide bonds. The molecule has 2 aromatic heterocycles. The highest BCUT2D eigenvalue weighted by atomic mass is 32.2. The summed E-state index contributed by atoms with van der Waals surface area (Å²) in [6.45, 7) is 6.13. The summed E-state index contributed by atoms with van der Waals surface area (Å²) in [6, 6.07) is 66.5. The lowest BCUT2D eigenvalue weighted by atomic mass is 9.31. The molecule has 12 heteroatoms. The molecular weight excluding hydrogens is 1040 g/mol. The van der Waals surface area contributed by atoms with Gasteiger partial charge in [0.25, 0.3) is 20.1 Å². The SMILES string of the molecule is CSN1c2cc3c(cc2B2c4sc5ccccc5c4Oc4cc(-c5ccccc5C)cc1c42)B1c2cc4c(cc2Oc2cc(-c5ccccc5C)cc(c21)O3)Nc1cc(-c2ccccc2C)cc2c1B4c1sc3ccccc3c1O2. The fraction of sp³-hybridized carbons (Fsp3) is 0.0588. The Morgan fingerprint density at radius 2 is 0.875 bits per heavy atom. The van der Waals surface area contributed by atoms with Crippen LogP contribution in [0.4, 0.5) is 22.7 Å². The number of anilines is 4. The molecule has 0 radical (unpaired) electrons. The Bertz CT molecular complexity index is 4800. The molecule has 0 saturated carbocycles. The zero-order chi connectivity index (χ0) is 52.8. The van der Waals surface area contributed by atoms with Crippen LogP contribution in [0.3, 0.4) is 0 Å². The van der Waals surface area contributed by atoms with Crippen molar-refractivity contribution in [1.29, 1.82) is 0 Å². The maximum absolute atomic E-state index is 7.42. The molecule has 0 aliphatic carbocycles. The van der Waals surface area contributed by atoms with Crippen LogP contribution in [0.15, 0.2) is 182 Å². The Balaban J connectivity index is 0.883. The van der Waals surface area contributed by atoms with Gasteiger partial charge in [0.2, 0.25) is 0 Å². The molecule has 0 bridgehead atoms. The molecule has 376 valence electrons. The quantitative estimate of drug-likeness (QED) is 0.139. The first-order chi connectivity index (χ1) is 39.3. The third-order valence-electron chi connectivity index (χ3n) is 17.6. The molecule has 10 aromatic carbocycles. The fourth-order valence-corrected chi connectivity index (χ4v) is 17.2. The van der Waals surface area contributed by atoms with Crippen LogP contribution in [-0.4, -0.2) is 26.4 Å². The zero-order valence-corrected chi connectivity index (χ0v) is 46.3. The van der Waals surface area contributed by atoms with Crippen molar-refractivity contribution in [2.75, 3.05) is 15.9 Å². The number of aryl methyl sites for hydroxylation is 3. The number of ether oxygens (including phenoxy) is 4. The van der Waals surface area contributed by atoms with E-state index in [-0.39, 0.29) is 20.1 Å². The standard InChI is InChI=1S/C68H43B3N2O4S3/c1-35-15-5-8-18-41(35)38-25-51-62-56(27-38)76-65-44-21-11-13-23-60(44)79-67(65)70(62)46-31-48-54(33-50(46)72-51)74-58-29-40(43-20-10-7-17-37(43)3)30-59-64(58)69(48)49-32-47-52(34-55(49)75-59)73(78-4)53-26-39(42-19-9-6-16-36(42)2)28-57-63(53)71(47)68-66(77-57)45-22-12-14-24-61(45)80-68/h5-34,72H,1-4H3. The predicted molar refractivity (Wildman–Crippen MR) is 340 cm³/mol. The average molecular weight is 1080 g/mol. The number of hydrogen-bond donors (Lipinski definition) is 1. The molecule has 8 heterocycles. The fourth-order valence-electron chi connectivity index (χ4n) is 14.0. The van der Waals surface area contributed by atoms with Crippen molar-refractivity contribution in [1.82, 2.24) is 0 Å². The normalized spacial score (nSPS) is 13.9. The van der Waals surface area contributed by atoms with Crippen LogP contribution in [0.5, 0.6) is 46.0 Å². The lowest BCUT2D eigenvalue weighted by Gasteiger charge is -2.40. The van der Waals surface area contributed by atoms with Gasteiger partial charge in [0.15, 0.2) is 0 Å². The van der Waals surface area contributed by atoms with Gasteiger partial charge in [0.05, 0.1) is 11.4 Å². The summed E-state index contributed by atoms with van der Waals surface area (Å²) in [7, 11) is 0. The molecule has 0 spiro atoms. The van der Waals surface area contributed by atoms with Gasteiger partial charge in [-0.05, 0) is 176 Å². The highest BCUT2D eigenvalue weighted by Crippen LogP contribution is 2.49. The molecule has 80 heavy (non-hydrogen) atoms. The van der Waals surface area contributed by atoms with E-state index >= 15 is 0 Å². The van der Waals surface area contributed by atoms with E-state index in [1.807, 2.05) is 22.7 Å². The van der Waals surface area contributed by atoms with Gasteiger partial charge in [-0.15, -0.1) is 22.7 Å². The van der Waals surface area contributed by atoms with Crippen molar-refractivity contribution in [2.24, 2.45) is 0 Å². The van der Waals surface area contributed by atoms with Crippen LogP contribution >= 0.6 is 34.6 Å². The van der Waals surface area contributed by atoms with Crippen LogP contribution in [0, 0.1) is 20.8 Å². The number of nitrogens with one attached hydrogen (secondary N) is 1. The minimum Gasteiger partial charge on any atom is -0.458 e. The van der Waals surface area contributed by atoms with Crippen molar-refractivity contribution < 1.29 is 18.9 Å². The van der Waals surface area contributed by atoms with Crippen molar-refractivity contribution in [3.8, 4) is 79.4 Å². The summed E-state index contributed by atoms with van der Waals surface area (Å²) < 4.78 is 36.4. The molecule has 0 unspecified atom stereocenters. The summed E-state index contributed by atoms with van der Waals surface area (Å²) in [4.78, 5) is 0. The van der Waals surface area contributed by atoms with E-state index in [1.54, 1.807) is 11.9 Å². The Morgan fingerprint density at radius 3 is 1.45 bits per heavy atom. The van der Waals surface area contributed by atoms with Crippen molar-refractivity contribution >= 4 is 145 Å². The molecule has 1 N–H and O–H groups in total. The van der Waals surface area contributed by atoms with E-state index < -0.39 is 0 Å². The Hall–Kier alpha value is -8.54. The minimum absolute atomic E-state index is 0.0935. The van der Waals surface area contributed by atoms with Gasteiger partial charge in [-0.3, -0.25) is 4.31 Å². The van der Waals surface area contributed by atoms with Gasteiger partial charge >= 0.3 is 0 Å². The Kier molecular flexibility index (Phi) is 9.36. The molecule has 0 atom stereocenters. The molecule has 6 aliphatic rings. The van der Waals surface area contributed by atoms with Crippen LogP contribution in [-0.2, 0) is 0 Å². The van der Waals surface area contributed by atoms with Gasteiger partial charge in [-0.25, -0.2) is 0 Å². The first-order valence-corrected chi connectivity index (χ1v) is 30.1. The maximum atomic E-state index is 7.42. The second kappa shape index (κ2) is 16.5. The number of nitrogens with zero attached hydrogens (tertiary/aromatic N) is 1. The largest absolute Gasteiger partial charge is 0.458 e. The minimum atomic E-state index is -0.228. The summed E-state index contributed by atoms with van der Waals surface area (Å²) in [5.74, 6) is 6.96. The summed E-state index contributed by atoms with van der Waals surface area (Å²) in [6.07, 6.45) is 2.18. The monoisotopic (exact) mass is 1080 g/mol. The molecule has 6 nitrogen and oxygen atoms in total. The van der Waals surface area contributed by atoms with E-state index in [0.29, 0.717) is 0 Å². The van der Waals surface area contributed by atoms with Gasteiger partial charge in [-0.2, -0.15) is 0 Å². The van der Waals surface area contributed by atoms with E-state index in [0.717, 1.165) is 124 Å². The molecule has 18 rings (SSSR count). The average Bonchev–Trinajstić information content (AvgIpc) is 3.36. The smallest absolute Gasteiger partial charge is 0.268 e. The summed E-state index contributed by atoms with van der Waals surface area (Å²) in [5, 5.41) is 6.27. The number of fused-ring (bicyclic) bond motifs is 16. The number of hydrogen-bond acceptors (Lipinski definition) is 9. The Labute approximate surface area is 476 Å². The zero-order valence-electron chi connectivity index (χ0n) is 43.9. The number of benzene rings is 10. The lowest BCUT2D eigenvalue weighted by molar-refractivity contribution is 0.465. The Morgan fingerprint density at radius 1 is 0.400 bits per heavy atom.